The van der Waals surface area contributed by atoms with Gasteiger partial charge in [-0.25, -0.2) is 4.98 Å². The van der Waals surface area contributed by atoms with Crippen LogP contribution in [0, 0.1) is 0 Å². The van der Waals surface area contributed by atoms with E-state index in [-0.39, 0.29) is 0 Å². The van der Waals surface area contributed by atoms with Crippen LogP contribution in [-0.2, 0) is 6.42 Å². The van der Waals surface area contributed by atoms with E-state index in [1.54, 1.807) is 0 Å². The maximum Gasteiger partial charge on any atom is 0.111 e. The highest BCUT2D eigenvalue weighted by atomic mass is 79.9. The Kier molecular flexibility index (Phi) is 4.52. The summed E-state index contributed by atoms with van der Waals surface area (Å²) < 4.78 is 1.09. The van der Waals surface area contributed by atoms with Crippen molar-refractivity contribution in [1.82, 2.24) is 15.3 Å². The zero-order valence-corrected chi connectivity index (χ0v) is 18.6. The number of benzene rings is 3. The number of aromatic amines is 1. The lowest BCUT2D eigenvalue weighted by Gasteiger charge is -2.18. The molecule has 0 spiro atoms. The van der Waals surface area contributed by atoms with Crippen LogP contribution in [0.3, 0.4) is 0 Å². The molecule has 1 aromatic heterocycles. The van der Waals surface area contributed by atoms with Crippen LogP contribution in [0.15, 0.2) is 70.4 Å². The number of hydrogen-bond acceptors (Lipinski definition) is 2. The first-order chi connectivity index (χ1) is 13.6. The van der Waals surface area contributed by atoms with Gasteiger partial charge in [-0.2, -0.15) is 0 Å². The van der Waals surface area contributed by atoms with Crippen molar-refractivity contribution in [2.45, 2.75) is 17.7 Å². The van der Waals surface area contributed by atoms with Crippen LogP contribution in [0.2, 0.25) is 0 Å². The molecule has 1 aliphatic carbocycles. The van der Waals surface area contributed by atoms with Gasteiger partial charge in [-0.1, -0.05) is 68.3 Å². The van der Waals surface area contributed by atoms with Gasteiger partial charge in [0.05, 0.1) is 11.0 Å². The number of alkyl halides is 1. The van der Waals surface area contributed by atoms with Crippen LogP contribution in [0.4, 0.5) is 0 Å². The highest BCUT2D eigenvalue weighted by Gasteiger charge is 2.18. The Hall–Kier alpha value is -2.11. The first-order valence-corrected chi connectivity index (χ1v) is 11.1. The summed E-state index contributed by atoms with van der Waals surface area (Å²) in [5.74, 6) is 1.01. The topological polar surface area (TPSA) is 40.7 Å². The summed E-state index contributed by atoms with van der Waals surface area (Å²) >= 11 is 7.34. The molecule has 0 fully saturated rings. The SMILES string of the molecule is CNC1=C(Cc2nc3c4ccccc4c4cc(Br)ccc4c3[nH]2)CC(Br)C=C1. The van der Waals surface area contributed by atoms with Gasteiger partial charge in [-0.15, -0.1) is 0 Å². The Bertz CT molecular complexity index is 1280. The largest absolute Gasteiger partial charge is 0.388 e. The number of hydrogen-bond donors (Lipinski definition) is 2. The Morgan fingerprint density at radius 3 is 2.75 bits per heavy atom. The van der Waals surface area contributed by atoms with Crippen molar-refractivity contribution in [2.24, 2.45) is 0 Å². The first-order valence-electron chi connectivity index (χ1n) is 9.34. The smallest absolute Gasteiger partial charge is 0.111 e. The monoisotopic (exact) mass is 495 g/mol. The van der Waals surface area contributed by atoms with E-state index in [1.165, 1.54) is 32.8 Å². The number of imidazole rings is 1. The molecule has 0 aliphatic heterocycles. The van der Waals surface area contributed by atoms with Crippen molar-refractivity contribution < 1.29 is 0 Å². The summed E-state index contributed by atoms with van der Waals surface area (Å²) in [6.07, 6.45) is 6.14. The maximum absolute atomic E-state index is 5.03. The number of fused-ring (bicyclic) bond motifs is 6. The molecule has 5 heteroatoms. The molecule has 1 atom stereocenters. The summed E-state index contributed by atoms with van der Waals surface area (Å²) in [4.78, 5) is 9.04. The van der Waals surface area contributed by atoms with E-state index in [1.807, 2.05) is 7.05 Å². The number of aromatic nitrogens is 2. The zero-order valence-electron chi connectivity index (χ0n) is 15.4. The normalized spacial score (nSPS) is 17.2. The Morgan fingerprint density at radius 2 is 1.93 bits per heavy atom. The molecule has 2 N–H and O–H groups in total. The maximum atomic E-state index is 5.03. The minimum Gasteiger partial charge on any atom is -0.388 e. The number of halogens is 2. The molecule has 3 nitrogen and oxygen atoms in total. The molecular formula is C23H19Br2N3. The molecule has 0 radical (unpaired) electrons. The number of H-pyrrole nitrogens is 1. The van der Waals surface area contributed by atoms with Gasteiger partial charge in [0.1, 0.15) is 5.82 Å². The second-order valence-electron chi connectivity index (χ2n) is 7.17. The predicted molar refractivity (Wildman–Crippen MR) is 125 cm³/mol. The third-order valence-corrected chi connectivity index (χ3v) is 6.54. The number of nitrogens with zero attached hydrogens (tertiary/aromatic N) is 1. The van der Waals surface area contributed by atoms with Crippen molar-refractivity contribution in [3.63, 3.8) is 0 Å². The van der Waals surface area contributed by atoms with E-state index in [0.717, 1.165) is 34.2 Å². The molecule has 140 valence electrons. The van der Waals surface area contributed by atoms with Gasteiger partial charge in [0.25, 0.3) is 0 Å². The van der Waals surface area contributed by atoms with Gasteiger partial charge in [0.15, 0.2) is 0 Å². The van der Waals surface area contributed by atoms with Gasteiger partial charge in [-0.3, -0.25) is 0 Å². The minimum absolute atomic E-state index is 0.378. The van der Waals surface area contributed by atoms with Crippen molar-refractivity contribution in [1.29, 1.82) is 0 Å². The molecule has 0 saturated heterocycles. The molecule has 0 bridgehead atoms. The van der Waals surface area contributed by atoms with E-state index in [9.17, 15) is 0 Å². The van der Waals surface area contributed by atoms with Gasteiger partial charge < -0.3 is 10.3 Å². The highest BCUT2D eigenvalue weighted by molar-refractivity contribution is 9.10. The van der Waals surface area contributed by atoms with E-state index in [0.29, 0.717) is 4.83 Å². The fourth-order valence-corrected chi connectivity index (χ4v) is 5.04. The van der Waals surface area contributed by atoms with Crippen LogP contribution in [0.25, 0.3) is 32.6 Å². The molecular weight excluding hydrogens is 478 g/mol. The summed E-state index contributed by atoms with van der Waals surface area (Å²) in [6, 6.07) is 15.0. The molecule has 3 aromatic carbocycles. The summed E-state index contributed by atoms with van der Waals surface area (Å²) in [7, 11) is 1.98. The van der Waals surface area contributed by atoms with Gasteiger partial charge >= 0.3 is 0 Å². The van der Waals surface area contributed by atoms with Gasteiger partial charge in [0, 0.05) is 39.2 Å². The number of rotatable bonds is 3. The fraction of sp³-hybridized carbons (Fsp3) is 0.174. The second kappa shape index (κ2) is 7.05. The zero-order chi connectivity index (χ0) is 19.3. The molecule has 1 unspecified atom stereocenters. The molecule has 5 rings (SSSR count). The molecule has 4 aromatic rings. The van der Waals surface area contributed by atoms with Crippen molar-refractivity contribution in [3.05, 3.63) is 76.2 Å². The third-order valence-electron chi connectivity index (χ3n) is 5.42. The van der Waals surface area contributed by atoms with E-state index < -0.39 is 0 Å². The third kappa shape index (κ3) is 2.97. The second-order valence-corrected chi connectivity index (χ2v) is 9.26. The molecule has 1 aliphatic rings. The quantitative estimate of drug-likeness (QED) is 0.255. The lowest BCUT2D eigenvalue weighted by atomic mass is 9.99. The number of likely N-dealkylation sites (N-methyl/N-ethyl adjacent to an activating group) is 1. The average Bonchev–Trinajstić information content (AvgIpc) is 3.12. The van der Waals surface area contributed by atoms with Crippen LogP contribution >= 0.6 is 31.9 Å². The van der Waals surface area contributed by atoms with E-state index in [2.05, 4.69) is 96.8 Å². The Balaban J connectivity index is 1.73. The van der Waals surface area contributed by atoms with Crippen LogP contribution in [0.1, 0.15) is 12.2 Å². The van der Waals surface area contributed by atoms with E-state index in [4.69, 9.17) is 4.98 Å². The highest BCUT2D eigenvalue weighted by Crippen LogP contribution is 2.35. The number of nitrogens with one attached hydrogen (secondary N) is 2. The first kappa shape index (κ1) is 18.0. The Morgan fingerprint density at radius 1 is 1.11 bits per heavy atom. The molecule has 0 amide bonds. The lowest BCUT2D eigenvalue weighted by molar-refractivity contribution is 0.840. The van der Waals surface area contributed by atoms with Crippen molar-refractivity contribution >= 4 is 64.4 Å². The standard InChI is InChI=1S/C23H19Br2N3/c1-26-20-9-7-14(24)10-13(20)11-21-27-22-17-5-3-2-4-16(17)19-12-15(25)6-8-18(19)23(22)28-21/h2-9,12,14,26H,10-11H2,1H3,(H,27,28). The predicted octanol–water partition coefficient (Wildman–Crippen LogP) is 6.37. The van der Waals surface area contributed by atoms with Crippen LogP contribution in [0.5, 0.6) is 0 Å². The van der Waals surface area contributed by atoms with E-state index >= 15 is 0 Å². The number of allylic oxidation sites excluding steroid dienone is 3. The Labute approximate surface area is 180 Å². The van der Waals surface area contributed by atoms with Gasteiger partial charge in [-0.05, 0) is 41.0 Å². The van der Waals surface area contributed by atoms with Crippen LogP contribution in [-0.4, -0.2) is 21.8 Å². The molecule has 28 heavy (non-hydrogen) atoms. The fourth-order valence-electron chi connectivity index (χ4n) is 4.14. The minimum atomic E-state index is 0.378. The van der Waals surface area contributed by atoms with Gasteiger partial charge in [0.2, 0.25) is 0 Å². The van der Waals surface area contributed by atoms with Crippen molar-refractivity contribution in [3.8, 4) is 0 Å². The van der Waals surface area contributed by atoms with Crippen molar-refractivity contribution in [2.75, 3.05) is 7.05 Å². The summed E-state index contributed by atoms with van der Waals surface area (Å²) in [6.45, 7) is 0. The summed E-state index contributed by atoms with van der Waals surface area (Å²) in [5.41, 5.74) is 4.72. The average molecular weight is 497 g/mol. The summed E-state index contributed by atoms with van der Waals surface area (Å²) in [5, 5.41) is 8.19. The van der Waals surface area contributed by atoms with Crippen LogP contribution < -0.4 is 5.32 Å². The lowest BCUT2D eigenvalue weighted by Crippen LogP contribution is -2.15. The molecule has 0 saturated carbocycles. The molecule has 1 heterocycles.